The molecule has 1 aromatic carbocycles. The Kier molecular flexibility index (Phi) is 5.39. The fourth-order valence-corrected chi connectivity index (χ4v) is 2.28. The first-order valence-corrected chi connectivity index (χ1v) is 6.53. The zero-order chi connectivity index (χ0) is 15.3. The van der Waals surface area contributed by atoms with Gasteiger partial charge >= 0.3 is 5.97 Å². The smallest absolute Gasteiger partial charge is 0.323 e. The molecule has 5 heteroatoms. The van der Waals surface area contributed by atoms with E-state index >= 15 is 0 Å². The van der Waals surface area contributed by atoms with Gasteiger partial charge in [0.25, 0.3) is 0 Å². The van der Waals surface area contributed by atoms with Crippen molar-refractivity contribution in [2.45, 2.75) is 32.2 Å². The normalized spacial score (nSPS) is 15.2. The van der Waals surface area contributed by atoms with Crippen molar-refractivity contribution in [2.24, 2.45) is 11.7 Å². The van der Waals surface area contributed by atoms with E-state index in [1.165, 1.54) is 6.92 Å². The Morgan fingerprint density at radius 1 is 1.40 bits per heavy atom. The van der Waals surface area contributed by atoms with Crippen molar-refractivity contribution in [1.82, 2.24) is 0 Å². The number of hydrogen-bond donors (Lipinski definition) is 2. The van der Waals surface area contributed by atoms with E-state index in [4.69, 9.17) is 20.3 Å². The molecular formula is C15H23NO4. The molecule has 112 valence electrons. The summed E-state index contributed by atoms with van der Waals surface area (Å²) in [5.74, 6) is 0.618. The van der Waals surface area contributed by atoms with Gasteiger partial charge in [-0.2, -0.15) is 0 Å². The lowest BCUT2D eigenvalue weighted by molar-refractivity contribution is -0.143. The van der Waals surface area contributed by atoms with Crippen LogP contribution in [0.5, 0.6) is 11.5 Å². The molecule has 0 aliphatic heterocycles. The van der Waals surface area contributed by atoms with E-state index in [0.717, 1.165) is 17.1 Å². The molecule has 2 atom stereocenters. The summed E-state index contributed by atoms with van der Waals surface area (Å²) in [4.78, 5) is 11.0. The number of nitrogens with two attached hydrogens (primary N) is 1. The minimum atomic E-state index is -1.21. The van der Waals surface area contributed by atoms with Crippen molar-refractivity contribution in [3.05, 3.63) is 23.8 Å². The summed E-state index contributed by atoms with van der Waals surface area (Å²) in [6, 6.07) is 5.62. The van der Waals surface area contributed by atoms with Crippen LogP contribution in [-0.4, -0.2) is 30.8 Å². The van der Waals surface area contributed by atoms with Gasteiger partial charge in [-0.1, -0.05) is 13.0 Å². The molecule has 0 aliphatic rings. The summed E-state index contributed by atoms with van der Waals surface area (Å²) in [6.07, 6.45) is 1.10. The second-order valence-corrected chi connectivity index (χ2v) is 5.41. The maximum Gasteiger partial charge on any atom is 0.323 e. The quantitative estimate of drug-likeness (QED) is 0.799. The fraction of sp³-hybridized carbons (Fsp3) is 0.533. The molecule has 0 amide bonds. The lowest BCUT2D eigenvalue weighted by atomic mass is 9.87. The lowest BCUT2D eigenvalue weighted by Crippen LogP contribution is -2.46. The number of aliphatic carboxylic acids is 1. The standard InChI is InChI=1S/C15H23NO4/c1-10(9-15(2,16)14(17)18)7-11-5-6-12(19-3)8-13(11)20-4/h5-6,8,10H,7,9,16H2,1-4H3,(H,17,18). The van der Waals surface area contributed by atoms with Crippen molar-refractivity contribution in [2.75, 3.05) is 14.2 Å². The number of hydrogen-bond acceptors (Lipinski definition) is 4. The maximum atomic E-state index is 11.0. The van der Waals surface area contributed by atoms with Crippen molar-refractivity contribution in [3.63, 3.8) is 0 Å². The second-order valence-electron chi connectivity index (χ2n) is 5.41. The molecule has 0 aromatic heterocycles. The van der Waals surface area contributed by atoms with Gasteiger partial charge in [0.1, 0.15) is 17.0 Å². The third kappa shape index (κ3) is 4.13. The Morgan fingerprint density at radius 2 is 2.05 bits per heavy atom. The van der Waals surface area contributed by atoms with Crippen LogP contribution < -0.4 is 15.2 Å². The van der Waals surface area contributed by atoms with E-state index in [-0.39, 0.29) is 5.92 Å². The van der Waals surface area contributed by atoms with Crippen LogP contribution in [0.15, 0.2) is 18.2 Å². The summed E-state index contributed by atoms with van der Waals surface area (Å²) in [7, 11) is 3.21. The number of benzene rings is 1. The van der Waals surface area contributed by atoms with Gasteiger partial charge < -0.3 is 20.3 Å². The maximum absolute atomic E-state index is 11.0. The predicted octanol–water partition coefficient (Wildman–Crippen LogP) is 2.07. The molecule has 0 fully saturated rings. The highest BCUT2D eigenvalue weighted by molar-refractivity contribution is 5.77. The zero-order valence-electron chi connectivity index (χ0n) is 12.5. The largest absolute Gasteiger partial charge is 0.497 e. The van der Waals surface area contributed by atoms with Gasteiger partial charge in [-0.05, 0) is 37.3 Å². The van der Waals surface area contributed by atoms with Crippen LogP contribution in [-0.2, 0) is 11.2 Å². The number of carbonyl (C=O) groups is 1. The highest BCUT2D eigenvalue weighted by atomic mass is 16.5. The molecule has 1 aromatic rings. The van der Waals surface area contributed by atoms with Gasteiger partial charge in [0.15, 0.2) is 0 Å². The lowest BCUT2D eigenvalue weighted by Gasteiger charge is -2.24. The van der Waals surface area contributed by atoms with Crippen LogP contribution in [0, 0.1) is 5.92 Å². The van der Waals surface area contributed by atoms with Crippen molar-refractivity contribution in [1.29, 1.82) is 0 Å². The Labute approximate surface area is 119 Å². The SMILES string of the molecule is COc1ccc(CC(C)CC(C)(N)C(=O)O)c(OC)c1. The molecule has 3 N–H and O–H groups in total. The molecule has 1 rings (SSSR count). The van der Waals surface area contributed by atoms with Gasteiger partial charge in [0.05, 0.1) is 14.2 Å². The van der Waals surface area contributed by atoms with E-state index in [1.807, 2.05) is 25.1 Å². The molecule has 0 spiro atoms. The van der Waals surface area contributed by atoms with Crippen LogP contribution >= 0.6 is 0 Å². The first-order valence-electron chi connectivity index (χ1n) is 6.53. The zero-order valence-corrected chi connectivity index (χ0v) is 12.5. The third-order valence-electron chi connectivity index (χ3n) is 3.32. The number of rotatable bonds is 7. The predicted molar refractivity (Wildman–Crippen MR) is 77.3 cm³/mol. The molecule has 2 unspecified atom stereocenters. The molecule has 0 saturated heterocycles. The molecular weight excluding hydrogens is 258 g/mol. The highest BCUT2D eigenvalue weighted by Gasteiger charge is 2.30. The Morgan fingerprint density at radius 3 is 2.55 bits per heavy atom. The summed E-state index contributed by atoms with van der Waals surface area (Å²) >= 11 is 0. The van der Waals surface area contributed by atoms with Crippen molar-refractivity contribution < 1.29 is 19.4 Å². The van der Waals surface area contributed by atoms with Gasteiger partial charge in [-0.25, -0.2) is 0 Å². The van der Waals surface area contributed by atoms with Gasteiger partial charge in [-0.3, -0.25) is 4.79 Å². The molecule has 0 bridgehead atoms. The average molecular weight is 281 g/mol. The minimum absolute atomic E-state index is 0.128. The second kappa shape index (κ2) is 6.61. The highest BCUT2D eigenvalue weighted by Crippen LogP contribution is 2.28. The van der Waals surface area contributed by atoms with E-state index in [9.17, 15) is 4.79 Å². The van der Waals surface area contributed by atoms with E-state index in [2.05, 4.69) is 0 Å². The van der Waals surface area contributed by atoms with Gasteiger partial charge in [0, 0.05) is 6.07 Å². The monoisotopic (exact) mass is 281 g/mol. The molecule has 5 nitrogen and oxygen atoms in total. The van der Waals surface area contributed by atoms with Crippen LogP contribution in [0.1, 0.15) is 25.8 Å². The third-order valence-corrected chi connectivity index (χ3v) is 3.32. The molecule has 0 aliphatic carbocycles. The van der Waals surface area contributed by atoms with Crippen LogP contribution in [0.3, 0.4) is 0 Å². The number of carboxylic acid groups (broad SMARTS) is 1. The van der Waals surface area contributed by atoms with Crippen molar-refractivity contribution in [3.8, 4) is 11.5 Å². The van der Waals surface area contributed by atoms with Gasteiger partial charge in [0.2, 0.25) is 0 Å². The number of methoxy groups -OCH3 is 2. The van der Waals surface area contributed by atoms with Gasteiger partial charge in [-0.15, -0.1) is 0 Å². The summed E-state index contributed by atoms with van der Waals surface area (Å²) in [6.45, 7) is 3.52. The Balaban J connectivity index is 2.80. The number of carboxylic acids is 1. The first kappa shape index (κ1) is 16.3. The van der Waals surface area contributed by atoms with E-state index < -0.39 is 11.5 Å². The molecule has 20 heavy (non-hydrogen) atoms. The summed E-state index contributed by atoms with van der Waals surface area (Å²) in [5.41, 5.74) is 5.59. The Bertz CT molecular complexity index is 471. The summed E-state index contributed by atoms with van der Waals surface area (Å²) in [5, 5.41) is 9.06. The fourth-order valence-electron chi connectivity index (χ4n) is 2.28. The first-order chi connectivity index (χ1) is 9.30. The average Bonchev–Trinajstić information content (AvgIpc) is 2.38. The van der Waals surface area contributed by atoms with Crippen LogP contribution in [0.25, 0.3) is 0 Å². The van der Waals surface area contributed by atoms with E-state index in [1.54, 1.807) is 14.2 Å². The topological polar surface area (TPSA) is 81.8 Å². The number of ether oxygens (including phenoxy) is 2. The molecule has 0 saturated carbocycles. The van der Waals surface area contributed by atoms with E-state index in [0.29, 0.717) is 12.8 Å². The molecule has 0 radical (unpaired) electrons. The molecule has 0 heterocycles. The Hall–Kier alpha value is -1.75. The van der Waals surface area contributed by atoms with Crippen LogP contribution in [0.2, 0.25) is 0 Å². The minimum Gasteiger partial charge on any atom is -0.497 e. The summed E-state index contributed by atoms with van der Waals surface area (Å²) < 4.78 is 10.5. The van der Waals surface area contributed by atoms with Crippen molar-refractivity contribution >= 4 is 5.97 Å². The van der Waals surface area contributed by atoms with Crippen LogP contribution in [0.4, 0.5) is 0 Å².